The van der Waals surface area contributed by atoms with Crippen LogP contribution in [0, 0.1) is 13.8 Å². The van der Waals surface area contributed by atoms with Gasteiger partial charge >= 0.3 is 12.6 Å². The average molecular weight is 253 g/mol. The van der Waals surface area contributed by atoms with Crippen molar-refractivity contribution in [2.24, 2.45) is 0 Å². The van der Waals surface area contributed by atoms with E-state index in [0.29, 0.717) is 15.9 Å². The minimum absolute atomic E-state index is 0.298. The molecule has 3 nitrogen and oxygen atoms in total. The Bertz CT molecular complexity index is 296. The molecule has 0 N–H and O–H groups in total. The highest BCUT2D eigenvalue weighted by atomic mass is 79.9. The number of aromatic nitrogens is 2. The predicted octanol–water partition coefficient (Wildman–Crippen LogP) is 2.46. The highest BCUT2D eigenvalue weighted by Crippen LogP contribution is 2.20. The number of hydrogen-bond acceptors (Lipinski definition) is 3. The maximum atomic E-state index is 11.8. The van der Waals surface area contributed by atoms with E-state index in [2.05, 4.69) is 30.6 Å². The molecule has 0 fully saturated rings. The normalized spacial score (nSPS) is 10.6. The summed E-state index contributed by atoms with van der Waals surface area (Å²) in [5.74, 6) is 0. The molecule has 0 amide bonds. The third-order valence-corrected chi connectivity index (χ3v) is 2.50. The Morgan fingerprint density at radius 2 is 1.69 bits per heavy atom. The van der Waals surface area contributed by atoms with Gasteiger partial charge in [-0.05, 0) is 29.8 Å². The van der Waals surface area contributed by atoms with Crippen molar-refractivity contribution < 1.29 is 13.5 Å². The van der Waals surface area contributed by atoms with E-state index in [1.165, 1.54) is 0 Å². The average Bonchev–Trinajstić information content (AvgIpc) is 1.98. The van der Waals surface area contributed by atoms with Crippen molar-refractivity contribution in [1.82, 2.24) is 9.97 Å². The fourth-order valence-corrected chi connectivity index (χ4v) is 0.982. The van der Waals surface area contributed by atoms with Crippen LogP contribution in [0.15, 0.2) is 4.47 Å². The van der Waals surface area contributed by atoms with Gasteiger partial charge in [0.25, 0.3) is 0 Å². The van der Waals surface area contributed by atoms with E-state index in [9.17, 15) is 8.78 Å². The zero-order valence-electron chi connectivity index (χ0n) is 7.01. The first-order valence-corrected chi connectivity index (χ1v) is 4.25. The Morgan fingerprint density at radius 1 is 1.23 bits per heavy atom. The third-order valence-electron chi connectivity index (χ3n) is 1.36. The fourth-order valence-electron chi connectivity index (χ4n) is 0.804. The summed E-state index contributed by atoms with van der Waals surface area (Å²) in [6.07, 6.45) is 0. The summed E-state index contributed by atoms with van der Waals surface area (Å²) in [4.78, 5) is 7.43. The largest absolute Gasteiger partial charge is 0.401 e. The van der Waals surface area contributed by atoms with Crippen LogP contribution in [0.5, 0.6) is 6.01 Å². The highest BCUT2D eigenvalue weighted by Gasteiger charge is 2.10. The maximum Gasteiger partial charge on any atom is 0.389 e. The SMILES string of the molecule is Cc1nc(OC(F)F)nc(C)c1Br. The summed E-state index contributed by atoms with van der Waals surface area (Å²) in [6, 6.07) is -0.298. The van der Waals surface area contributed by atoms with Gasteiger partial charge in [-0.15, -0.1) is 0 Å². The van der Waals surface area contributed by atoms with E-state index in [4.69, 9.17) is 0 Å². The number of alkyl halides is 2. The molecule has 1 heterocycles. The monoisotopic (exact) mass is 252 g/mol. The molecule has 0 spiro atoms. The molecule has 1 aromatic heterocycles. The molecule has 0 unspecified atom stereocenters. The molecule has 13 heavy (non-hydrogen) atoms. The Morgan fingerprint density at radius 3 is 2.08 bits per heavy atom. The second kappa shape index (κ2) is 3.95. The van der Waals surface area contributed by atoms with Gasteiger partial charge in [-0.1, -0.05) is 0 Å². The van der Waals surface area contributed by atoms with Crippen molar-refractivity contribution in [1.29, 1.82) is 0 Å². The smallest absolute Gasteiger partial charge is 0.389 e. The summed E-state index contributed by atoms with van der Waals surface area (Å²) in [5, 5.41) is 0. The van der Waals surface area contributed by atoms with Crippen LogP contribution < -0.4 is 4.74 Å². The zero-order valence-corrected chi connectivity index (χ0v) is 8.60. The number of aryl methyl sites for hydroxylation is 2. The number of hydrogen-bond donors (Lipinski definition) is 0. The molecule has 1 rings (SSSR count). The first-order chi connectivity index (χ1) is 6.00. The number of halogens is 3. The topological polar surface area (TPSA) is 35.0 Å². The van der Waals surface area contributed by atoms with Gasteiger partial charge in [0.2, 0.25) is 0 Å². The molecule has 0 radical (unpaired) electrons. The molecular weight excluding hydrogens is 246 g/mol. The van der Waals surface area contributed by atoms with E-state index < -0.39 is 6.61 Å². The minimum atomic E-state index is -2.89. The molecule has 0 saturated heterocycles. The van der Waals surface area contributed by atoms with Gasteiger partial charge in [0.05, 0.1) is 15.9 Å². The highest BCUT2D eigenvalue weighted by molar-refractivity contribution is 9.10. The van der Waals surface area contributed by atoms with Gasteiger partial charge in [0.1, 0.15) is 0 Å². The molecule has 0 aliphatic carbocycles. The lowest BCUT2D eigenvalue weighted by Gasteiger charge is -2.05. The molecule has 1 aromatic rings. The summed E-state index contributed by atoms with van der Waals surface area (Å²) >= 11 is 3.21. The zero-order chi connectivity index (χ0) is 10.0. The van der Waals surface area contributed by atoms with Crippen molar-refractivity contribution in [3.63, 3.8) is 0 Å². The van der Waals surface area contributed by atoms with E-state index >= 15 is 0 Å². The van der Waals surface area contributed by atoms with Crippen molar-refractivity contribution in [2.75, 3.05) is 0 Å². The second-order valence-electron chi connectivity index (χ2n) is 2.37. The van der Waals surface area contributed by atoms with Crippen molar-refractivity contribution >= 4 is 15.9 Å². The third kappa shape index (κ3) is 2.58. The Kier molecular flexibility index (Phi) is 3.13. The van der Waals surface area contributed by atoms with Crippen LogP contribution in [-0.2, 0) is 0 Å². The van der Waals surface area contributed by atoms with Crippen molar-refractivity contribution in [3.05, 3.63) is 15.9 Å². The Balaban J connectivity index is 2.99. The fraction of sp³-hybridized carbons (Fsp3) is 0.429. The van der Waals surface area contributed by atoms with Gasteiger partial charge in [-0.3, -0.25) is 0 Å². The lowest BCUT2D eigenvalue weighted by atomic mass is 10.4. The van der Waals surface area contributed by atoms with Crippen LogP contribution in [0.1, 0.15) is 11.4 Å². The molecule has 6 heteroatoms. The van der Waals surface area contributed by atoms with Gasteiger partial charge in [-0.2, -0.15) is 18.7 Å². The van der Waals surface area contributed by atoms with Crippen LogP contribution >= 0.6 is 15.9 Å². The van der Waals surface area contributed by atoms with Gasteiger partial charge in [0.15, 0.2) is 0 Å². The molecule has 0 saturated carbocycles. The van der Waals surface area contributed by atoms with Crippen LogP contribution in [0.2, 0.25) is 0 Å². The summed E-state index contributed by atoms with van der Waals surface area (Å²) in [5.41, 5.74) is 1.14. The van der Waals surface area contributed by atoms with Gasteiger partial charge in [-0.25, -0.2) is 0 Å². The molecule has 0 bridgehead atoms. The molecule has 0 aliphatic rings. The van der Waals surface area contributed by atoms with E-state index in [0.717, 1.165) is 0 Å². The standard InChI is InChI=1S/C7H7BrF2N2O/c1-3-5(8)4(2)12-7(11-3)13-6(9)10/h6H,1-2H3. The first kappa shape index (κ1) is 10.3. The molecule has 0 aliphatic heterocycles. The van der Waals surface area contributed by atoms with Crippen LogP contribution in [0.3, 0.4) is 0 Å². The van der Waals surface area contributed by atoms with Gasteiger partial charge < -0.3 is 4.74 Å². The summed E-state index contributed by atoms with van der Waals surface area (Å²) in [7, 11) is 0. The van der Waals surface area contributed by atoms with Crippen molar-refractivity contribution in [3.8, 4) is 6.01 Å². The lowest BCUT2D eigenvalue weighted by Crippen LogP contribution is -2.07. The van der Waals surface area contributed by atoms with Crippen LogP contribution in [0.4, 0.5) is 8.78 Å². The maximum absolute atomic E-state index is 11.8. The second-order valence-corrected chi connectivity index (χ2v) is 3.16. The molecular formula is C7H7BrF2N2O. The number of ether oxygens (including phenoxy) is 1. The molecule has 0 atom stereocenters. The number of nitrogens with zero attached hydrogens (tertiary/aromatic N) is 2. The summed E-state index contributed by atoms with van der Waals surface area (Å²) < 4.78 is 28.3. The summed E-state index contributed by atoms with van der Waals surface area (Å²) in [6.45, 7) is 0.466. The minimum Gasteiger partial charge on any atom is -0.401 e. The lowest BCUT2D eigenvalue weighted by molar-refractivity contribution is -0.0562. The Labute approximate surface area is 82.3 Å². The quantitative estimate of drug-likeness (QED) is 0.811. The predicted molar refractivity (Wildman–Crippen MR) is 45.8 cm³/mol. The first-order valence-electron chi connectivity index (χ1n) is 3.46. The molecule has 72 valence electrons. The van der Waals surface area contributed by atoms with E-state index in [-0.39, 0.29) is 6.01 Å². The van der Waals surface area contributed by atoms with Gasteiger partial charge in [0, 0.05) is 0 Å². The Hall–Kier alpha value is -0.780. The van der Waals surface area contributed by atoms with E-state index in [1.54, 1.807) is 13.8 Å². The van der Waals surface area contributed by atoms with Crippen LogP contribution in [-0.4, -0.2) is 16.6 Å². The van der Waals surface area contributed by atoms with Crippen molar-refractivity contribution in [2.45, 2.75) is 20.5 Å². The number of rotatable bonds is 2. The van der Waals surface area contributed by atoms with E-state index in [1.807, 2.05) is 0 Å². The van der Waals surface area contributed by atoms with Crippen LogP contribution in [0.25, 0.3) is 0 Å². The molecule has 0 aromatic carbocycles.